The van der Waals surface area contributed by atoms with Crippen molar-refractivity contribution in [1.82, 2.24) is 10.3 Å². The van der Waals surface area contributed by atoms with Gasteiger partial charge in [0.05, 0.1) is 11.4 Å². The summed E-state index contributed by atoms with van der Waals surface area (Å²) in [5.74, 6) is -1.13. The number of rotatable bonds is 6. The summed E-state index contributed by atoms with van der Waals surface area (Å²) in [6.07, 6.45) is 0.809. The zero-order valence-electron chi connectivity index (χ0n) is 11.2. The summed E-state index contributed by atoms with van der Waals surface area (Å²) in [4.78, 5) is 26.4. The molecule has 1 heterocycles. The number of nitrogens with one attached hydrogen (secondary N) is 1. The number of nitrogens with zero attached hydrogens (tertiary/aromatic N) is 1. The lowest BCUT2D eigenvalue weighted by Crippen LogP contribution is -2.27. The molecular weight excluding hydrogens is 290 g/mol. The topological polar surface area (TPSA) is 105 Å². The van der Waals surface area contributed by atoms with Crippen LogP contribution in [0.1, 0.15) is 21.1 Å². The molecule has 0 bridgehead atoms. The highest BCUT2D eigenvalue weighted by Crippen LogP contribution is 2.10. The average Bonchev–Trinajstić information content (AvgIpc) is 2.90. The van der Waals surface area contributed by atoms with Crippen LogP contribution in [0.4, 0.5) is 5.69 Å². The maximum atomic E-state index is 11.7. The van der Waals surface area contributed by atoms with Crippen molar-refractivity contribution in [3.63, 3.8) is 0 Å². The summed E-state index contributed by atoms with van der Waals surface area (Å²) in [7, 11) is 0. The van der Waals surface area contributed by atoms with Gasteiger partial charge in [-0.2, -0.15) is 0 Å². The van der Waals surface area contributed by atoms with Crippen LogP contribution in [0.15, 0.2) is 29.6 Å². The fourth-order valence-electron chi connectivity index (χ4n) is 1.72. The standard InChI is InChI=1S/C14H15N3O3S/c15-10-3-1-9(2-4-10)7-12(18)16-6-5-13-17-11(8-21-13)14(19)20/h1-4,8H,5-7,15H2,(H,16,18)(H,19,20). The number of nitrogen functional groups attached to an aromatic ring is 1. The molecule has 4 N–H and O–H groups in total. The van der Waals surface area contributed by atoms with Gasteiger partial charge in [-0.15, -0.1) is 11.3 Å². The van der Waals surface area contributed by atoms with E-state index >= 15 is 0 Å². The molecule has 0 fully saturated rings. The monoisotopic (exact) mass is 305 g/mol. The van der Waals surface area contributed by atoms with Gasteiger partial charge in [0.15, 0.2) is 5.69 Å². The van der Waals surface area contributed by atoms with Gasteiger partial charge in [-0.25, -0.2) is 9.78 Å². The highest BCUT2D eigenvalue weighted by atomic mass is 32.1. The van der Waals surface area contributed by atoms with Crippen LogP contribution in [0.25, 0.3) is 0 Å². The van der Waals surface area contributed by atoms with Crippen molar-refractivity contribution in [3.05, 3.63) is 45.9 Å². The molecule has 0 spiro atoms. The number of nitrogens with two attached hydrogens (primary N) is 1. The number of anilines is 1. The highest BCUT2D eigenvalue weighted by Gasteiger charge is 2.09. The van der Waals surface area contributed by atoms with E-state index in [0.29, 0.717) is 30.1 Å². The Morgan fingerprint density at radius 1 is 1.29 bits per heavy atom. The maximum absolute atomic E-state index is 11.7. The number of carboxylic acids is 1. The van der Waals surface area contributed by atoms with E-state index in [1.165, 1.54) is 16.7 Å². The first-order chi connectivity index (χ1) is 10.0. The van der Waals surface area contributed by atoms with Gasteiger partial charge in [-0.3, -0.25) is 4.79 Å². The molecule has 0 atom stereocenters. The lowest BCUT2D eigenvalue weighted by atomic mass is 10.1. The molecule has 0 saturated carbocycles. The van der Waals surface area contributed by atoms with E-state index in [1.807, 2.05) is 12.1 Å². The van der Waals surface area contributed by atoms with Crippen molar-refractivity contribution < 1.29 is 14.7 Å². The Hall–Kier alpha value is -2.41. The number of hydrogen-bond donors (Lipinski definition) is 3. The van der Waals surface area contributed by atoms with Crippen LogP contribution in [0.5, 0.6) is 0 Å². The second-order valence-electron chi connectivity index (χ2n) is 4.45. The van der Waals surface area contributed by atoms with Crippen LogP contribution in [0.3, 0.4) is 0 Å². The van der Waals surface area contributed by atoms with E-state index in [-0.39, 0.29) is 11.6 Å². The zero-order valence-corrected chi connectivity index (χ0v) is 12.0. The summed E-state index contributed by atoms with van der Waals surface area (Å²) < 4.78 is 0. The number of amides is 1. The molecule has 1 amide bonds. The lowest BCUT2D eigenvalue weighted by Gasteiger charge is -2.04. The molecule has 1 aromatic carbocycles. The molecule has 0 saturated heterocycles. The van der Waals surface area contributed by atoms with Crippen molar-refractivity contribution in [2.24, 2.45) is 0 Å². The average molecular weight is 305 g/mol. The third-order valence-electron chi connectivity index (χ3n) is 2.78. The largest absolute Gasteiger partial charge is 0.476 e. The van der Waals surface area contributed by atoms with E-state index in [9.17, 15) is 9.59 Å². The number of thiazole rings is 1. The van der Waals surface area contributed by atoms with Crippen molar-refractivity contribution >= 4 is 28.9 Å². The Kier molecular flexibility index (Phi) is 4.89. The maximum Gasteiger partial charge on any atom is 0.355 e. The van der Waals surface area contributed by atoms with Crippen LogP contribution in [0.2, 0.25) is 0 Å². The number of aromatic nitrogens is 1. The SMILES string of the molecule is Nc1ccc(CC(=O)NCCc2nc(C(=O)O)cs2)cc1. The third kappa shape index (κ3) is 4.57. The molecule has 0 aliphatic rings. The predicted octanol–water partition coefficient (Wildman–Crippen LogP) is 1.32. The number of carboxylic acid groups (broad SMARTS) is 1. The Bertz CT molecular complexity index is 637. The second-order valence-corrected chi connectivity index (χ2v) is 5.39. The second kappa shape index (κ2) is 6.85. The van der Waals surface area contributed by atoms with Crippen molar-refractivity contribution in [1.29, 1.82) is 0 Å². The Morgan fingerprint density at radius 2 is 2.00 bits per heavy atom. The van der Waals surface area contributed by atoms with Gasteiger partial charge in [0.2, 0.25) is 5.91 Å². The van der Waals surface area contributed by atoms with E-state index in [2.05, 4.69) is 10.3 Å². The molecular formula is C14H15N3O3S. The Balaban J connectivity index is 1.76. The fourth-order valence-corrected chi connectivity index (χ4v) is 2.49. The van der Waals surface area contributed by atoms with Crippen LogP contribution in [0, 0.1) is 0 Å². The molecule has 0 aliphatic carbocycles. The van der Waals surface area contributed by atoms with Crippen molar-refractivity contribution in [2.75, 3.05) is 12.3 Å². The predicted molar refractivity (Wildman–Crippen MR) is 80.3 cm³/mol. The van der Waals surface area contributed by atoms with Crippen LogP contribution >= 0.6 is 11.3 Å². The minimum Gasteiger partial charge on any atom is -0.476 e. The van der Waals surface area contributed by atoms with E-state index in [1.54, 1.807) is 12.1 Å². The number of aromatic carboxylic acids is 1. The lowest BCUT2D eigenvalue weighted by molar-refractivity contribution is -0.120. The van der Waals surface area contributed by atoms with Crippen LogP contribution in [-0.2, 0) is 17.6 Å². The molecule has 0 unspecified atom stereocenters. The molecule has 6 nitrogen and oxygen atoms in total. The molecule has 0 radical (unpaired) electrons. The summed E-state index contributed by atoms with van der Waals surface area (Å²) >= 11 is 1.28. The van der Waals surface area contributed by atoms with Gasteiger partial charge in [0.25, 0.3) is 0 Å². The Morgan fingerprint density at radius 3 is 2.62 bits per heavy atom. The van der Waals surface area contributed by atoms with Crippen molar-refractivity contribution in [3.8, 4) is 0 Å². The van der Waals surface area contributed by atoms with Gasteiger partial charge in [0.1, 0.15) is 0 Å². The molecule has 21 heavy (non-hydrogen) atoms. The van der Waals surface area contributed by atoms with E-state index in [4.69, 9.17) is 10.8 Å². The molecule has 1 aromatic heterocycles. The minimum absolute atomic E-state index is 0.0446. The third-order valence-corrected chi connectivity index (χ3v) is 3.68. The van der Waals surface area contributed by atoms with Gasteiger partial charge >= 0.3 is 5.97 Å². The molecule has 2 rings (SSSR count). The first-order valence-corrected chi connectivity index (χ1v) is 7.21. The summed E-state index contributed by atoms with van der Waals surface area (Å²) in [5, 5.41) is 13.7. The molecule has 0 aliphatic heterocycles. The first-order valence-electron chi connectivity index (χ1n) is 6.33. The van der Waals surface area contributed by atoms with Crippen molar-refractivity contribution in [2.45, 2.75) is 12.8 Å². The molecule has 110 valence electrons. The Labute approximate surface area is 125 Å². The number of hydrogen-bond acceptors (Lipinski definition) is 5. The van der Waals surface area contributed by atoms with Gasteiger partial charge in [-0.05, 0) is 17.7 Å². The quantitative estimate of drug-likeness (QED) is 0.698. The van der Waals surface area contributed by atoms with Gasteiger partial charge in [-0.1, -0.05) is 12.1 Å². The highest BCUT2D eigenvalue weighted by molar-refractivity contribution is 7.09. The van der Waals surface area contributed by atoms with Crippen LogP contribution < -0.4 is 11.1 Å². The van der Waals surface area contributed by atoms with Gasteiger partial charge < -0.3 is 16.2 Å². The minimum atomic E-state index is -1.04. The van der Waals surface area contributed by atoms with E-state index < -0.39 is 5.97 Å². The van der Waals surface area contributed by atoms with Crippen LogP contribution in [-0.4, -0.2) is 28.5 Å². The summed E-state index contributed by atoms with van der Waals surface area (Å²) in [6.45, 7) is 0.431. The smallest absolute Gasteiger partial charge is 0.355 e. The number of carbonyl (C=O) groups is 2. The molecule has 2 aromatic rings. The fraction of sp³-hybridized carbons (Fsp3) is 0.214. The zero-order chi connectivity index (χ0) is 15.2. The normalized spacial score (nSPS) is 10.3. The van der Waals surface area contributed by atoms with Gasteiger partial charge in [0, 0.05) is 24.0 Å². The summed E-state index contributed by atoms with van der Waals surface area (Å²) in [5.41, 5.74) is 7.18. The van der Waals surface area contributed by atoms with E-state index in [0.717, 1.165) is 5.56 Å². The first kappa shape index (κ1) is 15.0. The number of carbonyl (C=O) groups excluding carboxylic acids is 1. The number of benzene rings is 1. The summed E-state index contributed by atoms with van der Waals surface area (Å²) in [6, 6.07) is 7.14. The molecule has 7 heteroatoms.